The van der Waals surface area contributed by atoms with Crippen LogP contribution in [0.25, 0.3) is 0 Å². The number of aromatic amines is 1. The molecular formula is C19H25N3O. The molecule has 1 N–H and O–H groups in total. The fourth-order valence-electron chi connectivity index (χ4n) is 3.88. The van der Waals surface area contributed by atoms with Gasteiger partial charge in [-0.3, -0.25) is 9.89 Å². The summed E-state index contributed by atoms with van der Waals surface area (Å²) in [5, 5.41) is 7.27. The largest absolute Gasteiger partial charge is 0.336 e. The monoisotopic (exact) mass is 311 g/mol. The number of carbonyl (C=O) groups is 1. The number of hydrogen-bond donors (Lipinski definition) is 1. The molecule has 2 unspecified atom stereocenters. The third-order valence-electron chi connectivity index (χ3n) is 5.07. The molecular weight excluding hydrogens is 286 g/mol. The van der Waals surface area contributed by atoms with Crippen molar-refractivity contribution < 1.29 is 4.79 Å². The van der Waals surface area contributed by atoms with E-state index < -0.39 is 0 Å². The number of nitrogens with zero attached hydrogens (tertiary/aromatic N) is 2. The van der Waals surface area contributed by atoms with Crippen molar-refractivity contribution in [3.8, 4) is 0 Å². The van der Waals surface area contributed by atoms with Gasteiger partial charge < -0.3 is 4.90 Å². The number of nitrogens with one attached hydrogen (secondary N) is 1. The Balaban J connectivity index is 1.74. The Bertz CT molecular complexity index is 700. The average molecular weight is 311 g/mol. The van der Waals surface area contributed by atoms with Gasteiger partial charge in [0.25, 0.3) is 0 Å². The Hall–Kier alpha value is -2.10. The molecule has 1 aromatic carbocycles. The summed E-state index contributed by atoms with van der Waals surface area (Å²) in [6, 6.07) is 8.62. The number of rotatable bonds is 3. The third kappa shape index (κ3) is 2.90. The lowest BCUT2D eigenvalue weighted by atomic mass is 9.91. The van der Waals surface area contributed by atoms with Crippen molar-refractivity contribution >= 4 is 5.91 Å². The first-order chi connectivity index (χ1) is 11.0. The summed E-state index contributed by atoms with van der Waals surface area (Å²) in [5.41, 5.74) is 5.91. The predicted octanol–water partition coefficient (Wildman–Crippen LogP) is 3.67. The van der Waals surface area contributed by atoms with Gasteiger partial charge in [-0.15, -0.1) is 0 Å². The van der Waals surface area contributed by atoms with Gasteiger partial charge in [-0.2, -0.15) is 5.10 Å². The summed E-state index contributed by atoms with van der Waals surface area (Å²) in [6.07, 6.45) is 1.48. The molecule has 122 valence electrons. The van der Waals surface area contributed by atoms with E-state index in [1.165, 1.54) is 16.7 Å². The van der Waals surface area contributed by atoms with Gasteiger partial charge in [0.1, 0.15) is 0 Å². The first kappa shape index (κ1) is 15.8. The Labute approximate surface area is 137 Å². The first-order valence-electron chi connectivity index (χ1n) is 8.37. The lowest BCUT2D eigenvalue weighted by molar-refractivity contribution is -0.134. The molecule has 4 heteroatoms. The maximum atomic E-state index is 12.8. The van der Waals surface area contributed by atoms with Crippen LogP contribution in [0.1, 0.15) is 60.3 Å². The second-order valence-corrected chi connectivity index (χ2v) is 6.66. The van der Waals surface area contributed by atoms with Gasteiger partial charge in [0.15, 0.2) is 0 Å². The van der Waals surface area contributed by atoms with Crippen LogP contribution in [-0.2, 0) is 11.2 Å². The third-order valence-corrected chi connectivity index (χ3v) is 5.07. The minimum Gasteiger partial charge on any atom is -0.336 e. The number of carbonyl (C=O) groups excluding carboxylic acids is 1. The van der Waals surface area contributed by atoms with E-state index in [0.29, 0.717) is 6.42 Å². The standard InChI is InChI=1S/C19H25N3O/c1-12(19-13(2)20-21-14(19)3)11-18(23)22-10-9-16-7-5-6-8-17(16)15(22)4/h5-8,12,15H,9-11H2,1-4H3,(H,20,21). The normalized spacial score (nSPS) is 18.6. The molecule has 0 aliphatic carbocycles. The zero-order chi connectivity index (χ0) is 16.6. The molecule has 0 saturated heterocycles. The minimum atomic E-state index is 0.159. The van der Waals surface area contributed by atoms with Crippen molar-refractivity contribution in [1.29, 1.82) is 0 Å². The molecule has 0 spiro atoms. The van der Waals surface area contributed by atoms with E-state index in [-0.39, 0.29) is 17.9 Å². The Morgan fingerprint density at radius 2 is 2.13 bits per heavy atom. The fraction of sp³-hybridized carbons (Fsp3) is 0.474. The highest BCUT2D eigenvalue weighted by atomic mass is 16.2. The van der Waals surface area contributed by atoms with Gasteiger partial charge in [0.05, 0.1) is 11.7 Å². The SMILES string of the molecule is Cc1n[nH]c(C)c1C(C)CC(=O)N1CCc2ccccc2C1C. The summed E-state index contributed by atoms with van der Waals surface area (Å²) in [7, 11) is 0. The molecule has 2 aromatic rings. The van der Waals surface area contributed by atoms with Crippen LogP contribution in [0.2, 0.25) is 0 Å². The summed E-state index contributed by atoms with van der Waals surface area (Å²) in [5.74, 6) is 0.421. The number of hydrogen-bond acceptors (Lipinski definition) is 2. The van der Waals surface area contributed by atoms with Crippen LogP contribution in [0.5, 0.6) is 0 Å². The van der Waals surface area contributed by atoms with Gasteiger partial charge in [0.2, 0.25) is 5.91 Å². The molecule has 23 heavy (non-hydrogen) atoms. The van der Waals surface area contributed by atoms with Crippen LogP contribution in [-0.4, -0.2) is 27.5 Å². The number of aryl methyl sites for hydroxylation is 2. The number of fused-ring (bicyclic) bond motifs is 1. The second kappa shape index (κ2) is 6.19. The molecule has 0 bridgehead atoms. The zero-order valence-corrected chi connectivity index (χ0v) is 14.4. The van der Waals surface area contributed by atoms with Gasteiger partial charge >= 0.3 is 0 Å². The summed E-state index contributed by atoms with van der Waals surface area (Å²) in [4.78, 5) is 14.9. The van der Waals surface area contributed by atoms with Crippen molar-refractivity contribution in [2.24, 2.45) is 0 Å². The number of benzene rings is 1. The van der Waals surface area contributed by atoms with Crippen molar-refractivity contribution in [3.05, 3.63) is 52.3 Å². The van der Waals surface area contributed by atoms with Gasteiger partial charge in [0, 0.05) is 18.7 Å². The first-order valence-corrected chi connectivity index (χ1v) is 8.37. The Morgan fingerprint density at radius 1 is 1.39 bits per heavy atom. The highest BCUT2D eigenvalue weighted by Gasteiger charge is 2.28. The Kier molecular flexibility index (Phi) is 4.24. The number of amides is 1. The van der Waals surface area contributed by atoms with Crippen LogP contribution in [0.4, 0.5) is 0 Å². The van der Waals surface area contributed by atoms with E-state index in [9.17, 15) is 4.79 Å². The van der Waals surface area contributed by atoms with E-state index in [1.54, 1.807) is 0 Å². The molecule has 1 aliphatic rings. The minimum absolute atomic E-state index is 0.159. The van der Waals surface area contributed by atoms with Crippen LogP contribution >= 0.6 is 0 Å². The fourth-order valence-corrected chi connectivity index (χ4v) is 3.88. The number of aromatic nitrogens is 2. The summed E-state index contributed by atoms with van der Waals surface area (Å²) >= 11 is 0. The molecule has 3 rings (SSSR count). The van der Waals surface area contributed by atoms with Crippen LogP contribution in [0.15, 0.2) is 24.3 Å². The maximum absolute atomic E-state index is 12.8. The van der Waals surface area contributed by atoms with Crippen LogP contribution in [0, 0.1) is 13.8 Å². The maximum Gasteiger partial charge on any atom is 0.223 e. The topological polar surface area (TPSA) is 49.0 Å². The van der Waals surface area contributed by atoms with Crippen LogP contribution in [0.3, 0.4) is 0 Å². The van der Waals surface area contributed by atoms with Gasteiger partial charge in [-0.05, 0) is 49.8 Å². The van der Waals surface area contributed by atoms with Crippen molar-refractivity contribution in [2.45, 2.75) is 52.5 Å². The summed E-state index contributed by atoms with van der Waals surface area (Å²) in [6.45, 7) is 9.09. The summed E-state index contributed by atoms with van der Waals surface area (Å²) < 4.78 is 0. The van der Waals surface area contributed by atoms with E-state index in [1.807, 2.05) is 18.7 Å². The zero-order valence-electron chi connectivity index (χ0n) is 14.4. The number of H-pyrrole nitrogens is 1. The molecule has 1 amide bonds. The van der Waals surface area contributed by atoms with Crippen molar-refractivity contribution in [1.82, 2.24) is 15.1 Å². The lowest BCUT2D eigenvalue weighted by Crippen LogP contribution is -2.39. The molecule has 1 aliphatic heterocycles. The highest BCUT2D eigenvalue weighted by Crippen LogP contribution is 2.32. The van der Waals surface area contributed by atoms with E-state index in [2.05, 4.69) is 48.3 Å². The average Bonchev–Trinajstić information content (AvgIpc) is 2.86. The second-order valence-electron chi connectivity index (χ2n) is 6.66. The predicted molar refractivity (Wildman–Crippen MR) is 91.4 cm³/mol. The van der Waals surface area contributed by atoms with Gasteiger partial charge in [-0.25, -0.2) is 0 Å². The van der Waals surface area contributed by atoms with E-state index >= 15 is 0 Å². The van der Waals surface area contributed by atoms with Crippen molar-refractivity contribution in [3.63, 3.8) is 0 Å². The van der Waals surface area contributed by atoms with Crippen LogP contribution < -0.4 is 0 Å². The van der Waals surface area contributed by atoms with E-state index in [0.717, 1.165) is 24.4 Å². The smallest absolute Gasteiger partial charge is 0.223 e. The molecule has 2 heterocycles. The molecule has 1 aromatic heterocycles. The molecule has 4 nitrogen and oxygen atoms in total. The molecule has 0 saturated carbocycles. The molecule has 0 fully saturated rings. The van der Waals surface area contributed by atoms with Crippen molar-refractivity contribution in [2.75, 3.05) is 6.54 Å². The van der Waals surface area contributed by atoms with Gasteiger partial charge in [-0.1, -0.05) is 31.2 Å². The quantitative estimate of drug-likeness (QED) is 0.940. The Morgan fingerprint density at radius 3 is 2.83 bits per heavy atom. The molecule has 0 radical (unpaired) electrons. The van der Waals surface area contributed by atoms with E-state index in [4.69, 9.17) is 0 Å². The highest BCUT2D eigenvalue weighted by molar-refractivity contribution is 5.78. The lowest BCUT2D eigenvalue weighted by Gasteiger charge is -2.36. The molecule has 2 atom stereocenters.